The van der Waals surface area contributed by atoms with Crippen molar-refractivity contribution in [2.75, 3.05) is 0 Å². The molecule has 1 N–H and O–H groups in total. The summed E-state index contributed by atoms with van der Waals surface area (Å²) in [6.45, 7) is 0. The number of carboxylic acids is 1. The Kier molecular flexibility index (Phi) is 3.53. The van der Waals surface area contributed by atoms with Gasteiger partial charge in [0.15, 0.2) is 0 Å². The molecule has 0 aliphatic heterocycles. The first-order valence-electron chi connectivity index (χ1n) is 6.59. The summed E-state index contributed by atoms with van der Waals surface area (Å²) >= 11 is 0. The van der Waals surface area contributed by atoms with Crippen LogP contribution >= 0.6 is 0 Å². The fourth-order valence-corrected chi connectivity index (χ4v) is 2.17. The van der Waals surface area contributed by atoms with Gasteiger partial charge in [-0.3, -0.25) is 0 Å². The first kappa shape index (κ1) is 13.8. The SMILES string of the molecule is O=C(O)c1cc2ccccc2c(N=Nc2ccccc2)c1[O-]. The molecule has 22 heavy (non-hydrogen) atoms. The van der Waals surface area contributed by atoms with Crippen LogP contribution in [0.5, 0.6) is 5.75 Å². The predicted molar refractivity (Wildman–Crippen MR) is 81.0 cm³/mol. The lowest BCUT2D eigenvalue weighted by Gasteiger charge is -2.15. The molecule has 0 aliphatic rings. The molecule has 0 bridgehead atoms. The molecule has 0 saturated heterocycles. The number of azo groups is 1. The Morgan fingerprint density at radius 2 is 1.64 bits per heavy atom. The van der Waals surface area contributed by atoms with E-state index in [4.69, 9.17) is 5.11 Å². The van der Waals surface area contributed by atoms with E-state index >= 15 is 0 Å². The van der Waals surface area contributed by atoms with E-state index in [1.165, 1.54) is 6.07 Å². The van der Waals surface area contributed by atoms with Gasteiger partial charge in [0.05, 0.1) is 16.9 Å². The van der Waals surface area contributed by atoms with Crippen molar-refractivity contribution in [1.29, 1.82) is 0 Å². The van der Waals surface area contributed by atoms with E-state index in [-0.39, 0.29) is 11.3 Å². The fourth-order valence-electron chi connectivity index (χ4n) is 2.17. The largest absolute Gasteiger partial charge is 0.870 e. The molecular formula is C17H11N2O3-. The summed E-state index contributed by atoms with van der Waals surface area (Å²) in [5.41, 5.74) is 0.326. The highest BCUT2D eigenvalue weighted by atomic mass is 16.4. The number of nitrogens with zero attached hydrogens (tertiary/aromatic N) is 2. The number of benzene rings is 3. The molecule has 5 heteroatoms. The van der Waals surface area contributed by atoms with Gasteiger partial charge in [0.25, 0.3) is 0 Å². The molecule has 0 heterocycles. The molecule has 0 fully saturated rings. The van der Waals surface area contributed by atoms with Gasteiger partial charge in [-0.15, -0.1) is 0 Å². The number of carbonyl (C=O) groups is 1. The van der Waals surface area contributed by atoms with Gasteiger partial charge in [0.1, 0.15) is 0 Å². The van der Waals surface area contributed by atoms with E-state index in [0.29, 0.717) is 16.5 Å². The molecule has 0 atom stereocenters. The van der Waals surface area contributed by atoms with Crippen molar-refractivity contribution in [3.8, 4) is 5.75 Å². The average Bonchev–Trinajstić information content (AvgIpc) is 2.54. The van der Waals surface area contributed by atoms with Crippen molar-refractivity contribution in [2.24, 2.45) is 10.2 Å². The third-order valence-corrected chi connectivity index (χ3v) is 3.23. The average molecular weight is 291 g/mol. The molecule has 108 valence electrons. The normalized spacial score (nSPS) is 11.1. The van der Waals surface area contributed by atoms with Crippen molar-refractivity contribution in [2.45, 2.75) is 0 Å². The van der Waals surface area contributed by atoms with Crippen molar-refractivity contribution < 1.29 is 15.0 Å². The summed E-state index contributed by atoms with van der Waals surface area (Å²) in [5.74, 6) is -1.90. The molecule has 3 aromatic rings. The van der Waals surface area contributed by atoms with Crippen LogP contribution in [-0.4, -0.2) is 11.1 Å². The van der Waals surface area contributed by atoms with Crippen LogP contribution in [0.4, 0.5) is 11.4 Å². The summed E-state index contributed by atoms with van der Waals surface area (Å²) in [7, 11) is 0. The van der Waals surface area contributed by atoms with E-state index in [1.807, 2.05) is 6.07 Å². The fraction of sp³-hybridized carbons (Fsp3) is 0. The maximum Gasteiger partial charge on any atom is 0.335 e. The summed E-state index contributed by atoms with van der Waals surface area (Å²) in [4.78, 5) is 11.2. The number of hydrogen-bond donors (Lipinski definition) is 1. The zero-order valence-corrected chi connectivity index (χ0v) is 11.4. The first-order valence-corrected chi connectivity index (χ1v) is 6.59. The summed E-state index contributed by atoms with van der Waals surface area (Å²) in [6.07, 6.45) is 0. The maximum absolute atomic E-state index is 12.3. The summed E-state index contributed by atoms with van der Waals surface area (Å²) in [6, 6.07) is 17.3. The second kappa shape index (κ2) is 5.65. The van der Waals surface area contributed by atoms with Crippen LogP contribution in [0.2, 0.25) is 0 Å². The molecule has 0 saturated carbocycles. The minimum absolute atomic E-state index is 0.0411. The number of fused-ring (bicyclic) bond motifs is 1. The second-order valence-corrected chi connectivity index (χ2v) is 4.66. The molecule has 0 amide bonds. The minimum atomic E-state index is -1.27. The standard InChI is InChI=1S/C17H12N2O3/c20-16-14(17(21)22)10-11-6-4-5-9-13(11)15(16)19-18-12-7-2-1-3-8-12/h1-10,20H,(H,21,22)/p-1. The third-order valence-electron chi connectivity index (χ3n) is 3.23. The Labute approximate surface area is 126 Å². The summed E-state index contributed by atoms with van der Waals surface area (Å²) < 4.78 is 0. The molecule has 0 unspecified atom stereocenters. The van der Waals surface area contributed by atoms with Crippen molar-refractivity contribution in [3.63, 3.8) is 0 Å². The van der Waals surface area contributed by atoms with E-state index in [1.54, 1.807) is 48.5 Å². The van der Waals surface area contributed by atoms with E-state index in [2.05, 4.69) is 10.2 Å². The van der Waals surface area contributed by atoms with Gasteiger partial charge in [0, 0.05) is 5.39 Å². The van der Waals surface area contributed by atoms with Crippen LogP contribution in [0.15, 0.2) is 70.9 Å². The molecule has 0 radical (unpaired) electrons. The third kappa shape index (κ3) is 2.52. The minimum Gasteiger partial charge on any atom is -0.870 e. The molecule has 0 aliphatic carbocycles. The summed E-state index contributed by atoms with van der Waals surface area (Å²) in [5, 5.41) is 30.7. The number of carboxylic acid groups (broad SMARTS) is 1. The molecule has 3 rings (SSSR count). The first-order chi connectivity index (χ1) is 10.7. The molecule has 0 aromatic heterocycles. The topological polar surface area (TPSA) is 85.1 Å². The lowest BCUT2D eigenvalue weighted by atomic mass is 10.0. The van der Waals surface area contributed by atoms with Gasteiger partial charge in [0.2, 0.25) is 0 Å². The quantitative estimate of drug-likeness (QED) is 0.739. The van der Waals surface area contributed by atoms with Gasteiger partial charge >= 0.3 is 5.97 Å². The molecule has 3 aromatic carbocycles. The van der Waals surface area contributed by atoms with Crippen molar-refractivity contribution >= 4 is 28.1 Å². The van der Waals surface area contributed by atoms with Crippen LogP contribution < -0.4 is 5.11 Å². The lowest BCUT2D eigenvalue weighted by molar-refractivity contribution is -0.267. The Hall–Kier alpha value is -3.21. The van der Waals surface area contributed by atoms with E-state index in [9.17, 15) is 9.90 Å². The van der Waals surface area contributed by atoms with Crippen LogP contribution in [0.3, 0.4) is 0 Å². The number of hydrogen-bond acceptors (Lipinski definition) is 4. The second-order valence-electron chi connectivity index (χ2n) is 4.66. The Bertz CT molecular complexity index is 874. The molecular weight excluding hydrogens is 280 g/mol. The van der Waals surface area contributed by atoms with E-state index < -0.39 is 11.7 Å². The van der Waals surface area contributed by atoms with Gasteiger partial charge < -0.3 is 10.2 Å². The van der Waals surface area contributed by atoms with Crippen LogP contribution in [-0.2, 0) is 0 Å². The highest BCUT2D eigenvalue weighted by molar-refractivity contribution is 6.04. The van der Waals surface area contributed by atoms with Gasteiger partial charge in [-0.25, -0.2) is 4.79 Å². The number of aromatic carboxylic acids is 1. The van der Waals surface area contributed by atoms with Crippen LogP contribution in [0.1, 0.15) is 10.4 Å². The number of rotatable bonds is 3. The van der Waals surface area contributed by atoms with Gasteiger partial charge in [-0.2, -0.15) is 10.2 Å². The molecule has 5 nitrogen and oxygen atoms in total. The zero-order chi connectivity index (χ0) is 15.5. The Balaban J connectivity index is 2.20. The van der Waals surface area contributed by atoms with Crippen molar-refractivity contribution in [1.82, 2.24) is 0 Å². The van der Waals surface area contributed by atoms with Crippen LogP contribution in [0, 0.1) is 0 Å². The molecule has 0 spiro atoms. The van der Waals surface area contributed by atoms with Crippen LogP contribution in [0.25, 0.3) is 10.8 Å². The smallest absolute Gasteiger partial charge is 0.335 e. The lowest BCUT2D eigenvalue weighted by Crippen LogP contribution is -2.04. The highest BCUT2D eigenvalue weighted by Gasteiger charge is 2.11. The Morgan fingerprint density at radius 1 is 0.955 bits per heavy atom. The monoisotopic (exact) mass is 291 g/mol. The highest BCUT2D eigenvalue weighted by Crippen LogP contribution is 2.37. The predicted octanol–water partition coefficient (Wildman–Crippen LogP) is 4.03. The van der Waals surface area contributed by atoms with Gasteiger partial charge in [-0.1, -0.05) is 48.2 Å². The van der Waals surface area contributed by atoms with Gasteiger partial charge in [-0.05, 0) is 23.6 Å². The van der Waals surface area contributed by atoms with Crippen molar-refractivity contribution in [3.05, 3.63) is 66.2 Å². The van der Waals surface area contributed by atoms with E-state index in [0.717, 1.165) is 0 Å². The Morgan fingerprint density at radius 3 is 2.36 bits per heavy atom. The zero-order valence-electron chi connectivity index (χ0n) is 11.4. The maximum atomic E-state index is 12.3.